The number of benzene rings is 1. The van der Waals surface area contributed by atoms with Gasteiger partial charge in [0.05, 0.1) is 0 Å². The molecule has 3 N–H and O–H groups in total. The number of hydrogen-bond donors (Lipinski definition) is 2. The standard InChI is InChI=1S/C14H21NO2/c1-8-5-6-12(11(4)10(8)3)14(15)9(2)7-13(16)17/h5-6,9,14H,7,15H2,1-4H3,(H,16,17). The van der Waals surface area contributed by atoms with Crippen LogP contribution in [-0.2, 0) is 4.79 Å². The summed E-state index contributed by atoms with van der Waals surface area (Å²) in [6.45, 7) is 8.07. The van der Waals surface area contributed by atoms with Crippen molar-refractivity contribution in [2.75, 3.05) is 0 Å². The summed E-state index contributed by atoms with van der Waals surface area (Å²) in [6.07, 6.45) is 0.105. The molecule has 0 aromatic heterocycles. The Bertz CT molecular complexity index is 426. The van der Waals surface area contributed by atoms with Gasteiger partial charge in [0.15, 0.2) is 0 Å². The Morgan fingerprint density at radius 3 is 2.41 bits per heavy atom. The fraction of sp³-hybridized carbons (Fsp3) is 0.500. The molecule has 0 aliphatic heterocycles. The van der Waals surface area contributed by atoms with E-state index in [1.165, 1.54) is 16.7 Å². The molecule has 0 fully saturated rings. The van der Waals surface area contributed by atoms with Crippen molar-refractivity contribution in [2.45, 2.75) is 40.2 Å². The van der Waals surface area contributed by atoms with E-state index in [2.05, 4.69) is 13.8 Å². The molecule has 1 rings (SSSR count). The number of nitrogens with two attached hydrogens (primary N) is 1. The van der Waals surface area contributed by atoms with Crippen molar-refractivity contribution >= 4 is 5.97 Å². The molecular weight excluding hydrogens is 214 g/mol. The zero-order chi connectivity index (χ0) is 13.2. The maximum Gasteiger partial charge on any atom is 0.303 e. The highest BCUT2D eigenvalue weighted by Crippen LogP contribution is 2.27. The van der Waals surface area contributed by atoms with Crippen LogP contribution in [0.1, 0.15) is 41.6 Å². The van der Waals surface area contributed by atoms with Crippen molar-refractivity contribution in [1.82, 2.24) is 0 Å². The molecule has 17 heavy (non-hydrogen) atoms. The van der Waals surface area contributed by atoms with E-state index in [-0.39, 0.29) is 18.4 Å². The van der Waals surface area contributed by atoms with E-state index in [4.69, 9.17) is 10.8 Å². The van der Waals surface area contributed by atoms with E-state index >= 15 is 0 Å². The highest BCUT2D eigenvalue weighted by atomic mass is 16.4. The van der Waals surface area contributed by atoms with Crippen molar-refractivity contribution in [3.05, 3.63) is 34.4 Å². The minimum Gasteiger partial charge on any atom is -0.481 e. The molecule has 0 bridgehead atoms. The molecule has 0 saturated heterocycles. The molecule has 0 heterocycles. The molecule has 3 nitrogen and oxygen atoms in total. The van der Waals surface area contributed by atoms with Crippen LogP contribution in [0.4, 0.5) is 0 Å². The van der Waals surface area contributed by atoms with Crippen LogP contribution in [0.2, 0.25) is 0 Å². The predicted molar refractivity (Wildman–Crippen MR) is 69.0 cm³/mol. The SMILES string of the molecule is Cc1ccc(C(N)C(C)CC(=O)O)c(C)c1C. The van der Waals surface area contributed by atoms with Crippen molar-refractivity contribution in [1.29, 1.82) is 0 Å². The summed E-state index contributed by atoms with van der Waals surface area (Å²) in [4.78, 5) is 10.7. The van der Waals surface area contributed by atoms with Crippen LogP contribution >= 0.6 is 0 Å². The Hall–Kier alpha value is -1.35. The number of hydrogen-bond acceptors (Lipinski definition) is 2. The molecule has 1 aromatic carbocycles. The van der Waals surface area contributed by atoms with Gasteiger partial charge in [-0.2, -0.15) is 0 Å². The predicted octanol–water partition coefficient (Wildman–Crippen LogP) is 2.72. The number of aliphatic carboxylic acids is 1. The van der Waals surface area contributed by atoms with Crippen LogP contribution in [0.3, 0.4) is 0 Å². The fourth-order valence-electron chi connectivity index (χ4n) is 2.05. The first-order chi connectivity index (χ1) is 7.84. The smallest absolute Gasteiger partial charge is 0.303 e. The summed E-state index contributed by atoms with van der Waals surface area (Å²) < 4.78 is 0. The van der Waals surface area contributed by atoms with Crippen LogP contribution in [0, 0.1) is 26.7 Å². The van der Waals surface area contributed by atoms with E-state index in [9.17, 15) is 4.79 Å². The quantitative estimate of drug-likeness (QED) is 0.843. The van der Waals surface area contributed by atoms with E-state index < -0.39 is 5.97 Å². The first kappa shape index (κ1) is 13.7. The molecule has 2 atom stereocenters. The van der Waals surface area contributed by atoms with Gasteiger partial charge in [-0.15, -0.1) is 0 Å². The van der Waals surface area contributed by atoms with Crippen LogP contribution in [-0.4, -0.2) is 11.1 Å². The highest BCUT2D eigenvalue weighted by Gasteiger charge is 2.20. The fourth-order valence-corrected chi connectivity index (χ4v) is 2.05. The van der Waals surface area contributed by atoms with Gasteiger partial charge >= 0.3 is 5.97 Å². The van der Waals surface area contributed by atoms with Crippen molar-refractivity contribution in [2.24, 2.45) is 11.7 Å². The Morgan fingerprint density at radius 2 is 1.88 bits per heavy atom. The van der Waals surface area contributed by atoms with Gasteiger partial charge in [-0.25, -0.2) is 0 Å². The minimum absolute atomic E-state index is 0.0618. The second kappa shape index (κ2) is 5.32. The Balaban J connectivity index is 3.00. The average Bonchev–Trinajstić information content (AvgIpc) is 2.24. The molecular formula is C14H21NO2. The summed E-state index contributed by atoms with van der Waals surface area (Å²) in [5.74, 6) is -0.859. The summed E-state index contributed by atoms with van der Waals surface area (Å²) in [6, 6.07) is 3.84. The second-order valence-corrected chi connectivity index (χ2v) is 4.82. The monoisotopic (exact) mass is 235 g/mol. The molecule has 3 heteroatoms. The lowest BCUT2D eigenvalue weighted by Crippen LogP contribution is -2.22. The third kappa shape index (κ3) is 3.07. The van der Waals surface area contributed by atoms with Crippen LogP contribution in [0.5, 0.6) is 0 Å². The lowest BCUT2D eigenvalue weighted by molar-refractivity contribution is -0.138. The topological polar surface area (TPSA) is 63.3 Å². The second-order valence-electron chi connectivity index (χ2n) is 4.82. The van der Waals surface area contributed by atoms with Gasteiger partial charge in [-0.3, -0.25) is 4.79 Å². The third-order valence-corrected chi connectivity index (χ3v) is 3.57. The van der Waals surface area contributed by atoms with E-state index in [1.807, 2.05) is 26.0 Å². The first-order valence-corrected chi connectivity index (χ1v) is 5.88. The first-order valence-electron chi connectivity index (χ1n) is 5.88. The lowest BCUT2D eigenvalue weighted by atomic mass is 9.87. The Morgan fingerprint density at radius 1 is 1.29 bits per heavy atom. The van der Waals surface area contributed by atoms with Gasteiger partial charge in [0.25, 0.3) is 0 Å². The molecule has 0 aliphatic rings. The normalized spacial score (nSPS) is 14.4. The van der Waals surface area contributed by atoms with Crippen LogP contribution in [0.25, 0.3) is 0 Å². The molecule has 0 aliphatic carbocycles. The third-order valence-electron chi connectivity index (χ3n) is 3.57. The van der Waals surface area contributed by atoms with Crippen LogP contribution < -0.4 is 5.73 Å². The number of carbonyl (C=O) groups is 1. The number of carboxylic acids is 1. The van der Waals surface area contributed by atoms with Gasteiger partial charge in [0.2, 0.25) is 0 Å². The largest absolute Gasteiger partial charge is 0.481 e. The molecule has 0 spiro atoms. The molecule has 94 valence electrons. The number of aryl methyl sites for hydroxylation is 1. The van der Waals surface area contributed by atoms with Gasteiger partial charge < -0.3 is 10.8 Å². The maximum atomic E-state index is 10.7. The molecule has 0 saturated carbocycles. The van der Waals surface area contributed by atoms with Crippen molar-refractivity contribution in [3.63, 3.8) is 0 Å². The van der Waals surface area contributed by atoms with Gasteiger partial charge in [0.1, 0.15) is 0 Å². The lowest BCUT2D eigenvalue weighted by Gasteiger charge is -2.22. The Labute approximate surface area is 103 Å². The van der Waals surface area contributed by atoms with Gasteiger partial charge in [-0.05, 0) is 48.9 Å². The summed E-state index contributed by atoms with van der Waals surface area (Å²) in [7, 11) is 0. The van der Waals surface area contributed by atoms with Crippen molar-refractivity contribution < 1.29 is 9.90 Å². The molecule has 2 unspecified atom stereocenters. The van der Waals surface area contributed by atoms with Gasteiger partial charge in [-0.1, -0.05) is 19.1 Å². The van der Waals surface area contributed by atoms with E-state index in [0.717, 1.165) is 5.56 Å². The van der Waals surface area contributed by atoms with Crippen LogP contribution in [0.15, 0.2) is 12.1 Å². The minimum atomic E-state index is -0.797. The molecule has 0 amide bonds. The molecule has 1 aromatic rings. The van der Waals surface area contributed by atoms with Crippen molar-refractivity contribution in [3.8, 4) is 0 Å². The number of carboxylic acid groups (broad SMARTS) is 1. The average molecular weight is 235 g/mol. The molecule has 0 radical (unpaired) electrons. The van der Waals surface area contributed by atoms with Gasteiger partial charge in [0, 0.05) is 12.5 Å². The summed E-state index contributed by atoms with van der Waals surface area (Å²) >= 11 is 0. The summed E-state index contributed by atoms with van der Waals surface area (Å²) in [5, 5.41) is 8.79. The zero-order valence-electron chi connectivity index (χ0n) is 10.9. The number of rotatable bonds is 4. The highest BCUT2D eigenvalue weighted by molar-refractivity contribution is 5.67. The maximum absolute atomic E-state index is 10.7. The van der Waals surface area contributed by atoms with E-state index in [0.29, 0.717) is 0 Å². The zero-order valence-corrected chi connectivity index (χ0v) is 10.9. The summed E-state index contributed by atoms with van der Waals surface area (Å²) in [5.41, 5.74) is 10.9. The Kier molecular flexibility index (Phi) is 4.29. The van der Waals surface area contributed by atoms with E-state index in [1.54, 1.807) is 0 Å².